The zero-order chi connectivity index (χ0) is 20.5. The third-order valence-electron chi connectivity index (χ3n) is 5.08. The average molecular weight is 397 g/mol. The van der Waals surface area contributed by atoms with Gasteiger partial charge in [0.2, 0.25) is 5.78 Å². The van der Waals surface area contributed by atoms with Crippen molar-refractivity contribution < 1.29 is 34.1 Å². The third kappa shape index (κ3) is 3.48. The number of ether oxygens (including phenoxy) is 2. The Bertz CT molecular complexity index is 1010. The van der Waals surface area contributed by atoms with Gasteiger partial charge in [0.15, 0.2) is 5.78 Å². The van der Waals surface area contributed by atoms with E-state index in [0.717, 1.165) is 19.2 Å². The molecule has 0 aromatic heterocycles. The fourth-order valence-corrected chi connectivity index (χ4v) is 3.58. The predicted molar refractivity (Wildman–Crippen MR) is 101 cm³/mol. The van der Waals surface area contributed by atoms with E-state index in [1.54, 1.807) is 0 Å². The van der Waals surface area contributed by atoms with Gasteiger partial charge in [-0.05, 0) is 18.2 Å². The first-order valence-electron chi connectivity index (χ1n) is 9.23. The molecule has 2 aromatic rings. The quantitative estimate of drug-likeness (QED) is 0.635. The van der Waals surface area contributed by atoms with Crippen LogP contribution in [0, 0.1) is 0 Å². The van der Waals surface area contributed by atoms with Crippen molar-refractivity contribution in [3.63, 3.8) is 0 Å². The molecule has 0 unspecified atom stereocenters. The molecule has 4 rings (SSSR count). The van der Waals surface area contributed by atoms with Crippen LogP contribution in [0.25, 0.3) is 0 Å². The summed E-state index contributed by atoms with van der Waals surface area (Å²) in [6.07, 6.45) is 0. The molecule has 1 aliphatic carbocycles. The van der Waals surface area contributed by atoms with Crippen molar-refractivity contribution >= 4 is 17.5 Å². The first-order chi connectivity index (χ1) is 14.0. The number of hydrogen-bond acceptors (Lipinski definition) is 8. The zero-order valence-electron chi connectivity index (χ0n) is 15.5. The van der Waals surface area contributed by atoms with Crippen LogP contribution in [-0.4, -0.2) is 72.1 Å². The molecule has 1 saturated heterocycles. The number of carbonyl (C=O) groups is 3. The third-order valence-corrected chi connectivity index (χ3v) is 5.08. The molecule has 1 heterocycles. The van der Waals surface area contributed by atoms with Gasteiger partial charge in [0.05, 0.1) is 29.9 Å². The lowest BCUT2D eigenvalue weighted by atomic mass is 9.82. The number of hydrogen-bond donors (Lipinski definition) is 2. The Morgan fingerprint density at radius 1 is 1.00 bits per heavy atom. The van der Waals surface area contributed by atoms with Crippen LogP contribution < -0.4 is 0 Å². The Morgan fingerprint density at radius 2 is 1.72 bits per heavy atom. The Hall–Kier alpha value is -3.23. The van der Waals surface area contributed by atoms with Crippen LogP contribution in [0.15, 0.2) is 30.3 Å². The highest BCUT2D eigenvalue weighted by molar-refractivity contribution is 6.30. The first kappa shape index (κ1) is 19.1. The summed E-state index contributed by atoms with van der Waals surface area (Å²) in [6.45, 7) is 3.51. The number of ketones is 2. The normalized spacial score (nSPS) is 16.3. The lowest BCUT2D eigenvalue weighted by molar-refractivity contribution is 0.0195. The first-order valence-corrected chi connectivity index (χ1v) is 9.23. The Balaban J connectivity index is 1.56. The molecule has 0 saturated carbocycles. The minimum atomic E-state index is -0.696. The average Bonchev–Trinajstić information content (AvgIpc) is 2.72. The number of esters is 1. The molecular formula is C21H19NO7. The van der Waals surface area contributed by atoms with Gasteiger partial charge in [0.25, 0.3) is 0 Å². The van der Waals surface area contributed by atoms with E-state index in [2.05, 4.69) is 4.90 Å². The second-order valence-electron chi connectivity index (χ2n) is 6.87. The number of carbonyl (C=O) groups excluding carboxylic acids is 3. The van der Waals surface area contributed by atoms with E-state index >= 15 is 0 Å². The van der Waals surface area contributed by atoms with Crippen LogP contribution >= 0.6 is 0 Å². The van der Waals surface area contributed by atoms with Gasteiger partial charge in [-0.25, -0.2) is 4.79 Å². The number of phenols is 2. The summed E-state index contributed by atoms with van der Waals surface area (Å²) in [6, 6.07) is 6.52. The Kier molecular flexibility index (Phi) is 5.04. The van der Waals surface area contributed by atoms with Crippen molar-refractivity contribution in [1.29, 1.82) is 0 Å². The Morgan fingerprint density at radius 3 is 2.48 bits per heavy atom. The van der Waals surface area contributed by atoms with Crippen LogP contribution in [0.1, 0.15) is 42.2 Å². The molecule has 0 spiro atoms. The van der Waals surface area contributed by atoms with Crippen LogP contribution in [0.2, 0.25) is 0 Å². The van der Waals surface area contributed by atoms with Crippen molar-refractivity contribution in [3.05, 3.63) is 58.1 Å². The van der Waals surface area contributed by atoms with Gasteiger partial charge in [-0.1, -0.05) is 12.1 Å². The topological polar surface area (TPSA) is 113 Å². The standard InChI is InChI=1S/C21H19NO7/c23-15-3-1-2-13-17(15)20(26)18-14(19(13)25)10-12(11-16(18)24)21(27)29-9-6-22-4-7-28-8-5-22/h1-3,10-11,23-24H,4-9H2. The predicted octanol–water partition coefficient (Wildman–Crippen LogP) is 1.36. The number of phenolic OH excluding ortho intramolecular Hbond substituents is 2. The molecule has 1 fully saturated rings. The molecule has 0 atom stereocenters. The van der Waals surface area contributed by atoms with E-state index in [-0.39, 0.29) is 40.2 Å². The maximum atomic E-state index is 12.8. The fourth-order valence-electron chi connectivity index (χ4n) is 3.58. The van der Waals surface area contributed by atoms with E-state index in [1.807, 2.05) is 0 Å². The zero-order valence-corrected chi connectivity index (χ0v) is 15.5. The SMILES string of the molecule is O=C(OCCN1CCOCC1)c1cc(O)c2c(c1)C(=O)c1cccc(O)c1C2=O. The number of aromatic hydroxyl groups is 2. The lowest BCUT2D eigenvalue weighted by Crippen LogP contribution is -2.38. The van der Waals surface area contributed by atoms with E-state index in [1.165, 1.54) is 24.3 Å². The maximum Gasteiger partial charge on any atom is 0.338 e. The minimum absolute atomic E-state index is 0.0204. The molecular weight excluding hydrogens is 378 g/mol. The van der Waals surface area contributed by atoms with E-state index in [4.69, 9.17) is 9.47 Å². The lowest BCUT2D eigenvalue weighted by Gasteiger charge is -2.26. The summed E-state index contributed by atoms with van der Waals surface area (Å²) in [5, 5.41) is 20.3. The van der Waals surface area contributed by atoms with Crippen molar-refractivity contribution in [2.75, 3.05) is 39.5 Å². The molecule has 8 heteroatoms. The maximum absolute atomic E-state index is 12.8. The number of rotatable bonds is 4. The number of morpholine rings is 1. The van der Waals surface area contributed by atoms with E-state index < -0.39 is 23.3 Å². The number of nitrogens with zero attached hydrogens (tertiary/aromatic N) is 1. The summed E-state index contributed by atoms with van der Waals surface area (Å²) in [4.78, 5) is 40.0. The molecule has 0 bridgehead atoms. The molecule has 2 N–H and O–H groups in total. The van der Waals surface area contributed by atoms with E-state index in [9.17, 15) is 24.6 Å². The van der Waals surface area contributed by atoms with Gasteiger partial charge in [-0.15, -0.1) is 0 Å². The minimum Gasteiger partial charge on any atom is -0.507 e. The van der Waals surface area contributed by atoms with Crippen LogP contribution in [0.3, 0.4) is 0 Å². The Labute approximate surface area is 166 Å². The molecule has 8 nitrogen and oxygen atoms in total. The van der Waals surface area contributed by atoms with Crippen molar-refractivity contribution in [3.8, 4) is 11.5 Å². The van der Waals surface area contributed by atoms with Crippen LogP contribution in [-0.2, 0) is 9.47 Å². The molecule has 2 aliphatic rings. The summed E-state index contributed by atoms with van der Waals surface area (Å²) >= 11 is 0. The molecule has 2 aromatic carbocycles. The van der Waals surface area contributed by atoms with Gasteiger partial charge in [0, 0.05) is 30.8 Å². The fraction of sp³-hybridized carbons (Fsp3) is 0.286. The van der Waals surface area contributed by atoms with Gasteiger partial charge in [-0.3, -0.25) is 14.5 Å². The molecule has 0 radical (unpaired) electrons. The van der Waals surface area contributed by atoms with Gasteiger partial charge < -0.3 is 19.7 Å². The summed E-state index contributed by atoms with van der Waals surface area (Å²) in [5.74, 6) is -2.76. The largest absolute Gasteiger partial charge is 0.507 e. The molecule has 1 aliphatic heterocycles. The van der Waals surface area contributed by atoms with Crippen LogP contribution in [0.4, 0.5) is 0 Å². The summed E-state index contributed by atoms with van der Waals surface area (Å²) in [5.41, 5.74) is -0.462. The highest BCUT2D eigenvalue weighted by Gasteiger charge is 2.35. The van der Waals surface area contributed by atoms with Crippen LogP contribution in [0.5, 0.6) is 11.5 Å². The van der Waals surface area contributed by atoms with E-state index in [0.29, 0.717) is 19.8 Å². The van der Waals surface area contributed by atoms with Crippen molar-refractivity contribution in [2.24, 2.45) is 0 Å². The summed E-state index contributed by atoms with van der Waals surface area (Å²) in [7, 11) is 0. The highest BCUT2D eigenvalue weighted by Crippen LogP contribution is 2.37. The molecule has 150 valence electrons. The smallest absolute Gasteiger partial charge is 0.338 e. The van der Waals surface area contributed by atoms with Gasteiger partial charge in [0.1, 0.15) is 18.1 Å². The number of fused-ring (bicyclic) bond motifs is 2. The second kappa shape index (κ2) is 7.65. The van der Waals surface area contributed by atoms with Crippen molar-refractivity contribution in [1.82, 2.24) is 4.90 Å². The monoisotopic (exact) mass is 397 g/mol. The summed E-state index contributed by atoms with van der Waals surface area (Å²) < 4.78 is 10.5. The number of benzene rings is 2. The molecule has 29 heavy (non-hydrogen) atoms. The second-order valence-corrected chi connectivity index (χ2v) is 6.87. The van der Waals surface area contributed by atoms with Gasteiger partial charge >= 0.3 is 5.97 Å². The highest BCUT2D eigenvalue weighted by atomic mass is 16.5. The van der Waals surface area contributed by atoms with Gasteiger partial charge in [-0.2, -0.15) is 0 Å². The molecule has 0 amide bonds. The van der Waals surface area contributed by atoms with Crippen molar-refractivity contribution in [2.45, 2.75) is 0 Å².